The molecule has 26 heavy (non-hydrogen) atoms. The molecule has 11 heteroatoms. The molecule has 2 rings (SSSR count). The summed E-state index contributed by atoms with van der Waals surface area (Å²) in [5.41, 5.74) is 0.194. The van der Waals surface area contributed by atoms with E-state index in [0.29, 0.717) is 6.42 Å². The zero-order valence-corrected chi connectivity index (χ0v) is 15.9. The Morgan fingerprint density at radius 3 is 2.62 bits per heavy atom. The van der Waals surface area contributed by atoms with Gasteiger partial charge >= 0.3 is 5.97 Å². The fraction of sp³-hybridized carbons (Fsp3) is 0.667. The molecule has 0 aromatic carbocycles. The normalized spacial score (nSPS) is 21.8. The number of ether oxygens (including phenoxy) is 1. The number of amides is 1. The maximum absolute atomic E-state index is 12.7. The van der Waals surface area contributed by atoms with Crippen LogP contribution in [0.4, 0.5) is 0 Å². The number of nitrogens with one attached hydrogen (secondary N) is 1. The fourth-order valence-corrected chi connectivity index (χ4v) is 4.68. The lowest BCUT2D eigenvalue weighted by Gasteiger charge is -2.26. The number of nitrogens with zero attached hydrogens (tertiary/aromatic N) is 2. The second-order valence-corrected chi connectivity index (χ2v) is 7.98. The summed E-state index contributed by atoms with van der Waals surface area (Å²) in [5, 5.41) is 12.6. The number of rotatable bonds is 7. The molecule has 3 atom stereocenters. The molecule has 10 nitrogen and oxygen atoms in total. The third-order valence-electron chi connectivity index (χ3n) is 4.34. The van der Waals surface area contributed by atoms with Crippen LogP contribution in [0, 0.1) is 13.8 Å². The summed E-state index contributed by atoms with van der Waals surface area (Å²) >= 11 is 0. The van der Waals surface area contributed by atoms with Gasteiger partial charge in [-0.15, -0.1) is 0 Å². The quantitative estimate of drug-likeness (QED) is 0.667. The molecule has 1 amide bonds. The van der Waals surface area contributed by atoms with Gasteiger partial charge in [-0.2, -0.15) is 4.72 Å². The Labute approximate surface area is 151 Å². The minimum atomic E-state index is -4.01. The van der Waals surface area contributed by atoms with Gasteiger partial charge in [0.05, 0.1) is 18.6 Å². The molecule has 1 aromatic heterocycles. The monoisotopic (exact) mass is 389 g/mol. The summed E-state index contributed by atoms with van der Waals surface area (Å²) in [6, 6.07) is -1.63. The Balaban J connectivity index is 2.16. The summed E-state index contributed by atoms with van der Waals surface area (Å²) < 4.78 is 37.5. The predicted octanol–water partition coefficient (Wildman–Crippen LogP) is 0.0488. The molecule has 3 unspecified atom stereocenters. The van der Waals surface area contributed by atoms with Crippen molar-refractivity contribution in [3.63, 3.8) is 0 Å². The molecule has 1 aromatic rings. The SMILES string of the molecule is COC1CC(CC(=O)O)N(C(=O)C(C)NS(=O)(=O)c2c(C)noc2C)C1. The molecule has 0 radical (unpaired) electrons. The van der Waals surface area contributed by atoms with Crippen LogP contribution in [-0.2, 0) is 24.3 Å². The number of hydrogen-bond acceptors (Lipinski definition) is 7. The smallest absolute Gasteiger partial charge is 0.305 e. The lowest BCUT2D eigenvalue weighted by atomic mass is 10.1. The van der Waals surface area contributed by atoms with E-state index in [1.165, 1.54) is 32.8 Å². The summed E-state index contributed by atoms with van der Waals surface area (Å²) in [5.74, 6) is -1.42. The van der Waals surface area contributed by atoms with Gasteiger partial charge in [-0.1, -0.05) is 5.16 Å². The van der Waals surface area contributed by atoms with E-state index in [-0.39, 0.29) is 35.4 Å². The van der Waals surface area contributed by atoms with Crippen LogP contribution >= 0.6 is 0 Å². The van der Waals surface area contributed by atoms with Crippen molar-refractivity contribution in [1.29, 1.82) is 0 Å². The molecule has 0 bridgehead atoms. The van der Waals surface area contributed by atoms with Crippen LogP contribution in [0.1, 0.15) is 31.2 Å². The van der Waals surface area contributed by atoms with Gasteiger partial charge in [0.1, 0.15) is 10.6 Å². The molecule has 0 saturated carbocycles. The molecule has 1 fully saturated rings. The van der Waals surface area contributed by atoms with Crippen molar-refractivity contribution in [1.82, 2.24) is 14.8 Å². The maximum Gasteiger partial charge on any atom is 0.305 e. The van der Waals surface area contributed by atoms with Gasteiger partial charge < -0.3 is 19.3 Å². The first-order valence-electron chi connectivity index (χ1n) is 8.07. The highest BCUT2D eigenvalue weighted by Crippen LogP contribution is 2.24. The topological polar surface area (TPSA) is 139 Å². The van der Waals surface area contributed by atoms with Crippen molar-refractivity contribution in [2.75, 3.05) is 13.7 Å². The molecule has 1 aliphatic heterocycles. The number of aromatic nitrogens is 1. The number of aliphatic carboxylic acids is 1. The Morgan fingerprint density at radius 2 is 2.12 bits per heavy atom. The van der Waals surface area contributed by atoms with E-state index >= 15 is 0 Å². The molecule has 0 aliphatic carbocycles. The first kappa shape index (κ1) is 20.3. The van der Waals surface area contributed by atoms with E-state index in [0.717, 1.165) is 0 Å². The molecular weight excluding hydrogens is 366 g/mol. The van der Waals surface area contributed by atoms with Gasteiger partial charge in [0, 0.05) is 19.7 Å². The van der Waals surface area contributed by atoms with Crippen LogP contribution in [-0.4, -0.2) is 67.3 Å². The first-order chi connectivity index (χ1) is 12.1. The van der Waals surface area contributed by atoms with E-state index < -0.39 is 34.0 Å². The van der Waals surface area contributed by atoms with Crippen molar-refractivity contribution in [3.8, 4) is 0 Å². The number of carbonyl (C=O) groups excluding carboxylic acids is 1. The molecule has 1 saturated heterocycles. The van der Waals surface area contributed by atoms with Gasteiger partial charge in [-0.3, -0.25) is 9.59 Å². The second kappa shape index (κ2) is 7.72. The average molecular weight is 389 g/mol. The zero-order chi connectivity index (χ0) is 19.6. The maximum atomic E-state index is 12.7. The predicted molar refractivity (Wildman–Crippen MR) is 88.9 cm³/mol. The van der Waals surface area contributed by atoms with Crippen LogP contribution in [0.15, 0.2) is 9.42 Å². The summed E-state index contributed by atoms with van der Waals surface area (Å²) in [6.07, 6.45) is -0.123. The van der Waals surface area contributed by atoms with Crippen molar-refractivity contribution in [2.45, 2.75) is 56.7 Å². The molecule has 2 N–H and O–H groups in total. The number of hydrogen-bond donors (Lipinski definition) is 2. The Kier molecular flexibility index (Phi) is 6.04. The molecular formula is C15H23N3O7S. The molecule has 1 aliphatic rings. The van der Waals surface area contributed by atoms with Gasteiger partial charge in [0.15, 0.2) is 5.76 Å². The lowest BCUT2D eigenvalue weighted by molar-refractivity contribution is -0.140. The largest absolute Gasteiger partial charge is 0.481 e. The number of aryl methyl sites for hydroxylation is 2. The summed E-state index contributed by atoms with van der Waals surface area (Å²) in [6.45, 7) is 4.58. The van der Waals surface area contributed by atoms with Crippen LogP contribution in [0.3, 0.4) is 0 Å². The Hall–Kier alpha value is -1.98. The van der Waals surface area contributed by atoms with Crippen molar-refractivity contribution < 1.29 is 32.4 Å². The van der Waals surface area contributed by atoms with Crippen molar-refractivity contribution in [2.24, 2.45) is 0 Å². The second-order valence-electron chi connectivity index (χ2n) is 6.33. The van der Waals surface area contributed by atoms with Crippen LogP contribution in [0.5, 0.6) is 0 Å². The van der Waals surface area contributed by atoms with Crippen molar-refractivity contribution >= 4 is 21.9 Å². The van der Waals surface area contributed by atoms with E-state index in [1.807, 2.05) is 0 Å². The molecule has 2 heterocycles. The van der Waals surface area contributed by atoms with E-state index in [1.54, 1.807) is 0 Å². The third kappa shape index (κ3) is 4.22. The van der Waals surface area contributed by atoms with Crippen LogP contribution in [0.2, 0.25) is 0 Å². The lowest BCUT2D eigenvalue weighted by Crippen LogP contribution is -2.49. The van der Waals surface area contributed by atoms with E-state index in [9.17, 15) is 18.0 Å². The first-order valence-corrected chi connectivity index (χ1v) is 9.55. The minimum Gasteiger partial charge on any atom is -0.481 e. The van der Waals surface area contributed by atoms with E-state index in [4.69, 9.17) is 14.4 Å². The van der Waals surface area contributed by atoms with Gasteiger partial charge in [0.25, 0.3) is 0 Å². The number of carbonyl (C=O) groups is 2. The zero-order valence-electron chi connectivity index (χ0n) is 15.1. The molecule has 146 valence electrons. The van der Waals surface area contributed by atoms with E-state index in [2.05, 4.69) is 9.88 Å². The molecule has 0 spiro atoms. The number of methoxy groups -OCH3 is 1. The number of likely N-dealkylation sites (tertiary alicyclic amines) is 1. The summed E-state index contributed by atoms with van der Waals surface area (Å²) in [7, 11) is -2.53. The minimum absolute atomic E-state index is 0.101. The highest BCUT2D eigenvalue weighted by molar-refractivity contribution is 7.89. The third-order valence-corrected chi connectivity index (χ3v) is 6.13. The number of sulfonamides is 1. The van der Waals surface area contributed by atoms with Crippen LogP contribution in [0.25, 0.3) is 0 Å². The highest BCUT2D eigenvalue weighted by atomic mass is 32.2. The number of carboxylic acids is 1. The average Bonchev–Trinajstić information content (AvgIpc) is 3.08. The van der Waals surface area contributed by atoms with Gasteiger partial charge in [-0.05, 0) is 27.2 Å². The van der Waals surface area contributed by atoms with Crippen LogP contribution < -0.4 is 4.72 Å². The Morgan fingerprint density at radius 1 is 1.46 bits per heavy atom. The van der Waals surface area contributed by atoms with Crippen molar-refractivity contribution in [3.05, 3.63) is 11.5 Å². The standard InChI is InChI=1S/C15H23N3O7S/c1-8-14(10(3)25-16-8)26(22,23)17-9(2)15(21)18-7-12(24-4)5-11(18)6-13(19)20/h9,11-12,17H,5-7H2,1-4H3,(H,19,20). The highest BCUT2D eigenvalue weighted by Gasteiger charge is 2.39. The van der Waals surface area contributed by atoms with Gasteiger partial charge in [-0.25, -0.2) is 8.42 Å². The van der Waals surface area contributed by atoms with Gasteiger partial charge in [0.2, 0.25) is 15.9 Å². The number of carboxylic acid groups (broad SMARTS) is 1. The summed E-state index contributed by atoms with van der Waals surface area (Å²) in [4.78, 5) is 25.0. The Bertz CT molecular complexity index is 770. The fourth-order valence-electron chi connectivity index (χ4n) is 3.16.